The van der Waals surface area contributed by atoms with Crippen molar-refractivity contribution in [3.63, 3.8) is 0 Å². The van der Waals surface area contributed by atoms with Crippen molar-refractivity contribution < 1.29 is 37.0 Å². The third-order valence-electron chi connectivity index (χ3n) is 7.38. The van der Waals surface area contributed by atoms with Crippen molar-refractivity contribution in [2.24, 2.45) is 5.41 Å². The van der Waals surface area contributed by atoms with Crippen LogP contribution in [-0.2, 0) is 33.5 Å². The van der Waals surface area contributed by atoms with Crippen LogP contribution in [0.25, 0.3) is 0 Å². The van der Waals surface area contributed by atoms with E-state index in [9.17, 15) is 22.8 Å². The molecule has 212 valence electrons. The first kappa shape index (κ1) is 28.7. The molecule has 4 rings (SSSR count). The van der Waals surface area contributed by atoms with Crippen LogP contribution in [0.3, 0.4) is 0 Å². The van der Waals surface area contributed by atoms with E-state index in [0.717, 1.165) is 25.0 Å². The third-order valence-corrected chi connectivity index (χ3v) is 7.38. The molecule has 39 heavy (non-hydrogen) atoms. The van der Waals surface area contributed by atoms with E-state index in [2.05, 4.69) is 15.3 Å². The van der Waals surface area contributed by atoms with Crippen LogP contribution < -0.4 is 10.2 Å². The zero-order chi connectivity index (χ0) is 28.0. The molecule has 2 heterocycles. The second-order valence-corrected chi connectivity index (χ2v) is 10.3. The van der Waals surface area contributed by atoms with E-state index in [1.807, 2.05) is 0 Å². The van der Waals surface area contributed by atoms with E-state index in [-0.39, 0.29) is 55.8 Å². The predicted octanol–water partition coefficient (Wildman–Crippen LogP) is 4.51. The number of hydrogen-bond donors (Lipinski definition) is 2. The maximum Gasteiger partial charge on any atom is 0.416 e. The standard InChI is InChI=1S/C27H32F4N4O4/c28-24-21(7-9-26(10-13-39-14-11-26)15-22(36)32-12-8-23(37)38)33-17-34-25(24)35(20-5-6-20)16-18-1-3-19(4-2-18)27(29,30)31/h1-4,17,20H,5-16H2,(H,32,36)(H,37,38). The largest absolute Gasteiger partial charge is 0.481 e. The molecular weight excluding hydrogens is 520 g/mol. The SMILES string of the molecule is O=C(O)CCNC(=O)CC1(CCc2ncnc(N(Cc3ccc(C(F)(F)F)cc3)C3CC3)c2F)CCOCC1. The number of halogens is 4. The van der Waals surface area contributed by atoms with Gasteiger partial charge < -0.3 is 20.1 Å². The molecule has 1 aliphatic carbocycles. The number of amides is 1. The van der Waals surface area contributed by atoms with Gasteiger partial charge in [-0.25, -0.2) is 14.4 Å². The van der Waals surface area contributed by atoms with Crippen molar-refractivity contribution >= 4 is 17.7 Å². The number of carbonyl (C=O) groups is 2. The van der Waals surface area contributed by atoms with Gasteiger partial charge in [-0.3, -0.25) is 9.59 Å². The molecule has 1 aliphatic heterocycles. The van der Waals surface area contributed by atoms with Crippen LogP contribution in [-0.4, -0.2) is 52.8 Å². The van der Waals surface area contributed by atoms with Crippen LogP contribution in [0, 0.1) is 11.2 Å². The average molecular weight is 553 g/mol. The lowest BCUT2D eigenvalue weighted by atomic mass is 9.73. The molecule has 2 N–H and O–H groups in total. The van der Waals surface area contributed by atoms with E-state index < -0.39 is 28.9 Å². The van der Waals surface area contributed by atoms with Gasteiger partial charge in [0.05, 0.1) is 17.7 Å². The fourth-order valence-corrected chi connectivity index (χ4v) is 4.94. The van der Waals surface area contributed by atoms with Gasteiger partial charge in [-0.2, -0.15) is 13.2 Å². The zero-order valence-electron chi connectivity index (χ0n) is 21.5. The molecule has 1 saturated carbocycles. The highest BCUT2D eigenvalue weighted by Crippen LogP contribution is 2.40. The van der Waals surface area contributed by atoms with Crippen molar-refractivity contribution in [3.05, 3.63) is 53.2 Å². The minimum Gasteiger partial charge on any atom is -0.481 e. The number of alkyl halides is 3. The van der Waals surface area contributed by atoms with Crippen LogP contribution in [0.4, 0.5) is 23.4 Å². The Morgan fingerprint density at radius 1 is 1.13 bits per heavy atom. The molecule has 0 unspecified atom stereocenters. The number of aliphatic carboxylic acids is 1. The second kappa shape index (κ2) is 12.3. The summed E-state index contributed by atoms with van der Waals surface area (Å²) in [5.74, 6) is -1.69. The number of carboxylic acid groups (broad SMARTS) is 1. The first-order chi connectivity index (χ1) is 18.6. The molecule has 12 heteroatoms. The highest BCUT2D eigenvalue weighted by atomic mass is 19.4. The van der Waals surface area contributed by atoms with Gasteiger partial charge in [-0.15, -0.1) is 0 Å². The van der Waals surface area contributed by atoms with Gasteiger partial charge >= 0.3 is 12.1 Å². The lowest BCUT2D eigenvalue weighted by Gasteiger charge is -2.37. The first-order valence-corrected chi connectivity index (χ1v) is 13.0. The van der Waals surface area contributed by atoms with Crippen LogP contribution in [0.2, 0.25) is 0 Å². The Balaban J connectivity index is 1.46. The number of nitrogens with one attached hydrogen (secondary N) is 1. The van der Waals surface area contributed by atoms with Crippen LogP contribution in [0.15, 0.2) is 30.6 Å². The minimum atomic E-state index is -4.43. The van der Waals surface area contributed by atoms with E-state index >= 15 is 4.39 Å². The molecule has 2 fully saturated rings. The number of aromatic nitrogens is 2. The van der Waals surface area contributed by atoms with Gasteiger partial charge in [0.1, 0.15) is 6.33 Å². The number of nitrogens with zero attached hydrogens (tertiary/aromatic N) is 3. The number of carbonyl (C=O) groups excluding carboxylic acids is 1. The number of anilines is 1. The normalized spacial score (nSPS) is 17.0. The first-order valence-electron chi connectivity index (χ1n) is 13.0. The molecule has 1 saturated heterocycles. The molecule has 0 atom stereocenters. The summed E-state index contributed by atoms with van der Waals surface area (Å²) in [6.45, 7) is 1.21. The Morgan fingerprint density at radius 2 is 1.82 bits per heavy atom. The summed E-state index contributed by atoms with van der Waals surface area (Å²) < 4.78 is 60.1. The van der Waals surface area contributed by atoms with E-state index in [4.69, 9.17) is 9.84 Å². The van der Waals surface area contributed by atoms with Crippen molar-refractivity contribution in [2.75, 3.05) is 24.7 Å². The highest BCUT2D eigenvalue weighted by Gasteiger charge is 2.36. The molecule has 8 nitrogen and oxygen atoms in total. The van der Waals surface area contributed by atoms with Crippen LogP contribution >= 0.6 is 0 Å². The Bertz CT molecular complexity index is 1150. The van der Waals surface area contributed by atoms with Crippen molar-refractivity contribution in [1.82, 2.24) is 15.3 Å². The maximum absolute atomic E-state index is 15.7. The quantitative estimate of drug-likeness (QED) is 0.373. The number of ether oxygens (including phenoxy) is 1. The lowest BCUT2D eigenvalue weighted by molar-refractivity contribution is -0.138. The summed E-state index contributed by atoms with van der Waals surface area (Å²) in [4.78, 5) is 33.4. The smallest absolute Gasteiger partial charge is 0.416 e. The molecule has 1 aromatic heterocycles. The fraction of sp³-hybridized carbons (Fsp3) is 0.556. The Kier molecular flexibility index (Phi) is 9.04. The van der Waals surface area contributed by atoms with Crippen LogP contribution in [0.1, 0.15) is 61.8 Å². The summed E-state index contributed by atoms with van der Waals surface area (Å²) in [6.07, 6.45) is 0.523. The summed E-state index contributed by atoms with van der Waals surface area (Å²) in [6, 6.07) is 4.88. The second-order valence-electron chi connectivity index (χ2n) is 10.3. The Morgan fingerprint density at radius 3 is 2.44 bits per heavy atom. The highest BCUT2D eigenvalue weighted by molar-refractivity contribution is 5.77. The molecule has 1 aromatic carbocycles. The van der Waals surface area contributed by atoms with Gasteiger partial charge in [0.15, 0.2) is 11.6 Å². The fourth-order valence-electron chi connectivity index (χ4n) is 4.94. The molecular formula is C27H32F4N4O4. The third kappa shape index (κ3) is 7.87. The summed E-state index contributed by atoms with van der Waals surface area (Å²) >= 11 is 0. The summed E-state index contributed by atoms with van der Waals surface area (Å²) in [7, 11) is 0. The van der Waals surface area contributed by atoms with E-state index in [1.54, 1.807) is 4.90 Å². The lowest BCUT2D eigenvalue weighted by Crippen LogP contribution is -2.37. The molecule has 1 amide bonds. The number of benzene rings is 1. The van der Waals surface area contributed by atoms with Gasteiger partial charge in [0.2, 0.25) is 5.91 Å². The predicted molar refractivity (Wildman–Crippen MR) is 133 cm³/mol. The van der Waals surface area contributed by atoms with Crippen molar-refractivity contribution in [2.45, 2.75) is 70.1 Å². The molecule has 2 aliphatic rings. The van der Waals surface area contributed by atoms with Crippen molar-refractivity contribution in [1.29, 1.82) is 0 Å². The number of aryl methyl sites for hydroxylation is 1. The monoisotopic (exact) mass is 552 g/mol. The number of carboxylic acids is 1. The topological polar surface area (TPSA) is 105 Å². The maximum atomic E-state index is 15.7. The van der Waals surface area contributed by atoms with Crippen LogP contribution in [0.5, 0.6) is 0 Å². The van der Waals surface area contributed by atoms with Gasteiger partial charge in [0.25, 0.3) is 0 Å². The molecule has 0 bridgehead atoms. The minimum absolute atomic E-state index is 0.0422. The van der Waals surface area contributed by atoms with E-state index in [1.165, 1.54) is 18.5 Å². The van der Waals surface area contributed by atoms with Gasteiger partial charge in [0, 0.05) is 38.8 Å². The van der Waals surface area contributed by atoms with Gasteiger partial charge in [-0.1, -0.05) is 12.1 Å². The summed E-state index contributed by atoms with van der Waals surface area (Å²) in [5, 5.41) is 11.4. The van der Waals surface area contributed by atoms with Crippen molar-refractivity contribution in [3.8, 4) is 0 Å². The van der Waals surface area contributed by atoms with E-state index in [0.29, 0.717) is 38.0 Å². The molecule has 0 spiro atoms. The number of hydrogen-bond acceptors (Lipinski definition) is 6. The van der Waals surface area contributed by atoms with Gasteiger partial charge in [-0.05, 0) is 61.6 Å². The molecule has 2 aromatic rings. The Hall–Kier alpha value is -3.28. The molecule has 0 radical (unpaired) electrons. The Labute approximate surface area is 223 Å². The average Bonchev–Trinajstić information content (AvgIpc) is 3.72. The summed E-state index contributed by atoms with van der Waals surface area (Å²) in [5.41, 5.74) is -0.337. The number of rotatable bonds is 12. The zero-order valence-corrected chi connectivity index (χ0v) is 21.5.